The van der Waals surface area contributed by atoms with Gasteiger partial charge in [0, 0.05) is 6.04 Å². The lowest BCUT2D eigenvalue weighted by molar-refractivity contribution is 0.281. The normalized spacial score (nSPS) is 21.4. The van der Waals surface area contributed by atoms with Gasteiger partial charge < -0.3 is 9.73 Å². The number of hydrogen-bond donors (Lipinski definition) is 1. The molecular weight excluding hydrogens is 222 g/mol. The molecule has 2 aliphatic carbocycles. The van der Waals surface area contributed by atoms with Crippen molar-refractivity contribution >= 4 is 0 Å². The molecule has 2 nitrogen and oxygen atoms in total. The van der Waals surface area contributed by atoms with E-state index in [0.29, 0.717) is 6.04 Å². The molecule has 18 heavy (non-hydrogen) atoms. The van der Waals surface area contributed by atoms with Crippen LogP contribution in [0.3, 0.4) is 0 Å². The van der Waals surface area contributed by atoms with Gasteiger partial charge in [0.05, 0.1) is 12.5 Å². The summed E-state index contributed by atoms with van der Waals surface area (Å²) >= 11 is 0. The summed E-state index contributed by atoms with van der Waals surface area (Å²) in [5.41, 5.74) is 1.36. The Morgan fingerprint density at radius 3 is 2.50 bits per heavy atom. The minimum atomic E-state index is 0.669. The Morgan fingerprint density at radius 1 is 1.28 bits per heavy atom. The molecule has 2 fully saturated rings. The highest BCUT2D eigenvalue weighted by Crippen LogP contribution is 2.51. The van der Waals surface area contributed by atoms with Gasteiger partial charge in [-0.25, -0.2) is 0 Å². The van der Waals surface area contributed by atoms with E-state index in [2.05, 4.69) is 18.3 Å². The van der Waals surface area contributed by atoms with E-state index in [4.69, 9.17) is 4.42 Å². The van der Waals surface area contributed by atoms with Crippen LogP contribution in [-0.2, 0) is 6.42 Å². The largest absolute Gasteiger partial charge is 0.472 e. The van der Waals surface area contributed by atoms with Crippen molar-refractivity contribution in [3.8, 4) is 0 Å². The van der Waals surface area contributed by atoms with Gasteiger partial charge in [-0.1, -0.05) is 6.92 Å². The first-order chi connectivity index (χ1) is 8.88. The molecule has 0 spiro atoms. The number of rotatable bonds is 8. The van der Waals surface area contributed by atoms with Crippen molar-refractivity contribution in [1.29, 1.82) is 0 Å². The molecule has 1 unspecified atom stereocenters. The second kappa shape index (κ2) is 5.48. The van der Waals surface area contributed by atoms with Gasteiger partial charge in [0.15, 0.2) is 0 Å². The van der Waals surface area contributed by atoms with Crippen LogP contribution in [0.25, 0.3) is 0 Å². The topological polar surface area (TPSA) is 25.2 Å². The molecule has 3 rings (SSSR count). The molecule has 2 heteroatoms. The van der Waals surface area contributed by atoms with Crippen molar-refractivity contribution in [2.75, 3.05) is 6.54 Å². The van der Waals surface area contributed by atoms with Crippen LogP contribution in [-0.4, -0.2) is 12.6 Å². The highest BCUT2D eigenvalue weighted by Gasteiger charge is 2.45. The Balaban J connectivity index is 1.66. The fraction of sp³-hybridized carbons (Fsp3) is 0.750. The smallest absolute Gasteiger partial charge is 0.0935 e. The molecule has 1 atom stereocenters. The summed E-state index contributed by atoms with van der Waals surface area (Å²) in [7, 11) is 0. The molecule has 1 heterocycles. The Morgan fingerprint density at radius 2 is 2.00 bits per heavy atom. The van der Waals surface area contributed by atoms with E-state index in [1.165, 1.54) is 37.7 Å². The van der Waals surface area contributed by atoms with Crippen LogP contribution in [0.15, 0.2) is 23.0 Å². The molecule has 2 aliphatic rings. The molecule has 1 aromatic rings. The maximum atomic E-state index is 5.22. The van der Waals surface area contributed by atoms with E-state index in [1.807, 2.05) is 6.26 Å². The molecule has 1 N–H and O–H groups in total. The van der Waals surface area contributed by atoms with Gasteiger partial charge in [0.25, 0.3) is 0 Å². The lowest BCUT2D eigenvalue weighted by Crippen LogP contribution is -2.40. The monoisotopic (exact) mass is 247 g/mol. The maximum Gasteiger partial charge on any atom is 0.0935 e. The lowest BCUT2D eigenvalue weighted by atomic mass is 9.86. The fourth-order valence-electron chi connectivity index (χ4n) is 3.34. The van der Waals surface area contributed by atoms with Gasteiger partial charge >= 0.3 is 0 Å². The summed E-state index contributed by atoms with van der Waals surface area (Å²) < 4.78 is 5.22. The summed E-state index contributed by atoms with van der Waals surface area (Å²) in [6.45, 7) is 3.41. The minimum Gasteiger partial charge on any atom is -0.472 e. The zero-order valence-corrected chi connectivity index (χ0v) is 11.4. The molecule has 1 aromatic heterocycles. The van der Waals surface area contributed by atoms with E-state index in [1.54, 1.807) is 6.26 Å². The van der Waals surface area contributed by atoms with E-state index < -0.39 is 0 Å². The standard InChI is InChI=1S/C16H25NO/c1-2-8-17-15(10-12-7-9-18-11-12)16(13-3-4-13)14-5-6-14/h7,9,11,13-17H,2-6,8,10H2,1H3. The molecule has 0 bridgehead atoms. The molecule has 0 radical (unpaired) electrons. The van der Waals surface area contributed by atoms with Gasteiger partial charge in [-0.2, -0.15) is 0 Å². The van der Waals surface area contributed by atoms with Crippen molar-refractivity contribution in [3.63, 3.8) is 0 Å². The second-order valence-corrected chi connectivity index (χ2v) is 6.15. The van der Waals surface area contributed by atoms with E-state index in [-0.39, 0.29) is 0 Å². The van der Waals surface area contributed by atoms with Gasteiger partial charge in [-0.05, 0) is 74.5 Å². The Bertz CT molecular complexity index is 339. The van der Waals surface area contributed by atoms with Crippen LogP contribution in [0.1, 0.15) is 44.6 Å². The lowest BCUT2D eigenvalue weighted by Gasteiger charge is -2.28. The summed E-state index contributed by atoms with van der Waals surface area (Å²) in [4.78, 5) is 0. The molecular formula is C16H25NO. The van der Waals surface area contributed by atoms with Crippen molar-refractivity contribution in [2.45, 2.75) is 51.5 Å². The molecule has 0 amide bonds. The summed E-state index contributed by atoms with van der Waals surface area (Å²) in [6.07, 6.45) is 12.0. The first-order valence-corrected chi connectivity index (χ1v) is 7.63. The predicted molar refractivity (Wildman–Crippen MR) is 73.4 cm³/mol. The molecule has 0 saturated heterocycles. The average molecular weight is 247 g/mol. The quantitative estimate of drug-likeness (QED) is 0.759. The van der Waals surface area contributed by atoms with Crippen LogP contribution < -0.4 is 5.32 Å². The third-order valence-corrected chi connectivity index (χ3v) is 4.49. The number of furan rings is 1. The maximum absolute atomic E-state index is 5.22. The highest BCUT2D eigenvalue weighted by atomic mass is 16.3. The van der Waals surface area contributed by atoms with Crippen LogP contribution in [0, 0.1) is 17.8 Å². The highest BCUT2D eigenvalue weighted by molar-refractivity contribution is 5.10. The third-order valence-electron chi connectivity index (χ3n) is 4.49. The summed E-state index contributed by atoms with van der Waals surface area (Å²) in [5.74, 6) is 2.95. The fourth-order valence-corrected chi connectivity index (χ4v) is 3.34. The zero-order chi connectivity index (χ0) is 12.4. The third kappa shape index (κ3) is 2.97. The Labute approximate surface area is 110 Å². The minimum absolute atomic E-state index is 0.669. The number of nitrogens with one attached hydrogen (secondary N) is 1. The Hall–Kier alpha value is -0.760. The summed E-state index contributed by atoms with van der Waals surface area (Å²) in [6, 6.07) is 2.79. The molecule has 100 valence electrons. The Kier molecular flexibility index (Phi) is 3.74. The van der Waals surface area contributed by atoms with Crippen LogP contribution in [0.2, 0.25) is 0 Å². The predicted octanol–water partition coefficient (Wildman–Crippen LogP) is 3.63. The van der Waals surface area contributed by atoms with Crippen molar-refractivity contribution in [3.05, 3.63) is 24.2 Å². The van der Waals surface area contributed by atoms with Crippen molar-refractivity contribution in [2.24, 2.45) is 17.8 Å². The molecule has 0 aromatic carbocycles. The number of hydrogen-bond acceptors (Lipinski definition) is 2. The van der Waals surface area contributed by atoms with Crippen molar-refractivity contribution in [1.82, 2.24) is 5.32 Å². The zero-order valence-electron chi connectivity index (χ0n) is 11.4. The second-order valence-electron chi connectivity index (χ2n) is 6.15. The van der Waals surface area contributed by atoms with E-state index in [9.17, 15) is 0 Å². The van der Waals surface area contributed by atoms with E-state index >= 15 is 0 Å². The van der Waals surface area contributed by atoms with E-state index in [0.717, 1.165) is 30.7 Å². The van der Waals surface area contributed by atoms with Gasteiger partial charge in [0.1, 0.15) is 0 Å². The van der Waals surface area contributed by atoms with Gasteiger partial charge in [-0.15, -0.1) is 0 Å². The summed E-state index contributed by atoms with van der Waals surface area (Å²) in [5, 5.41) is 3.81. The van der Waals surface area contributed by atoms with Gasteiger partial charge in [0.2, 0.25) is 0 Å². The van der Waals surface area contributed by atoms with Crippen LogP contribution in [0.5, 0.6) is 0 Å². The van der Waals surface area contributed by atoms with Crippen LogP contribution >= 0.6 is 0 Å². The first kappa shape index (κ1) is 12.3. The van der Waals surface area contributed by atoms with Crippen LogP contribution in [0.4, 0.5) is 0 Å². The van der Waals surface area contributed by atoms with Gasteiger partial charge in [-0.3, -0.25) is 0 Å². The molecule has 0 aliphatic heterocycles. The first-order valence-electron chi connectivity index (χ1n) is 7.63. The average Bonchev–Trinajstić information content (AvgIpc) is 3.30. The van der Waals surface area contributed by atoms with Crippen molar-refractivity contribution < 1.29 is 4.42 Å². The molecule has 2 saturated carbocycles. The SMILES string of the molecule is CCCNC(Cc1ccoc1)C(C1CC1)C1CC1.